The third kappa shape index (κ3) is 6.66. The van der Waals surface area contributed by atoms with Crippen molar-refractivity contribution in [2.75, 3.05) is 10.6 Å². The minimum absolute atomic E-state index is 0.0518. The lowest BCUT2D eigenvalue weighted by Crippen LogP contribution is -2.34. The highest BCUT2D eigenvalue weighted by atomic mass is 32.1. The van der Waals surface area contributed by atoms with Gasteiger partial charge in [-0.25, -0.2) is 0 Å². The summed E-state index contributed by atoms with van der Waals surface area (Å²) in [6.07, 6.45) is 1.45. The fourth-order valence-electron chi connectivity index (χ4n) is 2.22. The van der Waals surface area contributed by atoms with Crippen LogP contribution in [0.4, 0.5) is 11.4 Å². The highest BCUT2D eigenvalue weighted by Gasteiger charge is 2.09. The summed E-state index contributed by atoms with van der Waals surface area (Å²) in [6.45, 7) is 5.84. The number of carbonyl (C=O) groups excluding carboxylic acids is 2. The molecule has 0 spiro atoms. The van der Waals surface area contributed by atoms with Crippen LogP contribution in [0.15, 0.2) is 48.5 Å². The molecule has 1 atom stereocenters. The van der Waals surface area contributed by atoms with Crippen LogP contribution in [0.2, 0.25) is 0 Å². The van der Waals surface area contributed by atoms with Gasteiger partial charge < -0.3 is 15.4 Å². The Morgan fingerprint density at radius 1 is 0.964 bits per heavy atom. The first kappa shape index (κ1) is 21.4. The topological polar surface area (TPSA) is 79.5 Å². The van der Waals surface area contributed by atoms with Crippen LogP contribution in [0.25, 0.3) is 0 Å². The van der Waals surface area contributed by atoms with Crippen molar-refractivity contribution in [2.24, 2.45) is 0 Å². The van der Waals surface area contributed by atoms with E-state index >= 15 is 0 Å². The predicted molar refractivity (Wildman–Crippen MR) is 116 cm³/mol. The van der Waals surface area contributed by atoms with Crippen LogP contribution in [-0.2, 0) is 4.79 Å². The fourth-order valence-corrected chi connectivity index (χ4v) is 2.43. The van der Waals surface area contributed by atoms with Gasteiger partial charge in [0, 0.05) is 23.4 Å². The molecule has 0 saturated carbocycles. The first-order valence-electron chi connectivity index (χ1n) is 9.20. The summed E-state index contributed by atoms with van der Waals surface area (Å²) in [5.74, 6) is 0.366. The number of hydrogen-bond acceptors (Lipinski definition) is 4. The Hall–Kier alpha value is -2.93. The lowest BCUT2D eigenvalue weighted by molar-refractivity contribution is -0.115. The number of nitrogens with one attached hydrogen (secondary N) is 3. The highest BCUT2D eigenvalue weighted by Crippen LogP contribution is 2.16. The Kier molecular flexibility index (Phi) is 7.95. The van der Waals surface area contributed by atoms with E-state index in [4.69, 9.17) is 17.0 Å². The van der Waals surface area contributed by atoms with Crippen LogP contribution in [0.5, 0.6) is 5.75 Å². The number of carbonyl (C=O) groups is 2. The second kappa shape index (κ2) is 10.4. The number of rotatable bonds is 7. The van der Waals surface area contributed by atoms with Gasteiger partial charge in [-0.1, -0.05) is 13.8 Å². The van der Waals surface area contributed by atoms with Crippen molar-refractivity contribution < 1.29 is 14.3 Å². The van der Waals surface area contributed by atoms with Gasteiger partial charge in [0.05, 0.1) is 6.10 Å². The van der Waals surface area contributed by atoms with Crippen molar-refractivity contribution >= 4 is 40.5 Å². The maximum atomic E-state index is 12.3. The molecule has 0 radical (unpaired) electrons. The van der Waals surface area contributed by atoms with E-state index in [1.807, 2.05) is 6.92 Å². The SMILES string of the molecule is CCC(=O)Nc1ccc(NC(=S)NC(=O)c2ccc(OC(C)CC)cc2)cc1. The molecule has 0 bridgehead atoms. The molecule has 2 amide bonds. The van der Waals surface area contributed by atoms with Crippen molar-refractivity contribution in [3.8, 4) is 5.75 Å². The third-order valence-corrected chi connectivity index (χ3v) is 4.21. The average Bonchev–Trinajstić information content (AvgIpc) is 2.69. The molecule has 1 unspecified atom stereocenters. The zero-order valence-electron chi connectivity index (χ0n) is 16.2. The van der Waals surface area contributed by atoms with Crippen molar-refractivity contribution in [1.82, 2.24) is 5.32 Å². The van der Waals surface area contributed by atoms with E-state index in [9.17, 15) is 9.59 Å². The molecule has 0 saturated heterocycles. The number of amides is 2. The fraction of sp³-hybridized carbons (Fsp3) is 0.286. The first-order valence-corrected chi connectivity index (χ1v) is 9.61. The summed E-state index contributed by atoms with van der Waals surface area (Å²) in [6, 6.07) is 14.0. The number of ether oxygens (including phenoxy) is 1. The smallest absolute Gasteiger partial charge is 0.257 e. The van der Waals surface area contributed by atoms with Gasteiger partial charge in [0.15, 0.2) is 5.11 Å². The Morgan fingerprint density at radius 3 is 2.07 bits per heavy atom. The normalized spacial score (nSPS) is 11.2. The van der Waals surface area contributed by atoms with Gasteiger partial charge in [-0.2, -0.15) is 0 Å². The zero-order chi connectivity index (χ0) is 20.5. The molecule has 3 N–H and O–H groups in total. The number of anilines is 2. The molecule has 2 aromatic rings. The molecule has 0 aromatic heterocycles. The molecule has 0 aliphatic heterocycles. The molecule has 0 fully saturated rings. The van der Waals surface area contributed by atoms with Crippen LogP contribution in [0.3, 0.4) is 0 Å². The summed E-state index contributed by atoms with van der Waals surface area (Å²) in [5, 5.41) is 8.54. The lowest BCUT2D eigenvalue weighted by atomic mass is 10.2. The third-order valence-electron chi connectivity index (χ3n) is 4.00. The largest absolute Gasteiger partial charge is 0.491 e. The molecule has 0 heterocycles. The molecule has 2 rings (SSSR count). The van der Waals surface area contributed by atoms with E-state index < -0.39 is 0 Å². The lowest BCUT2D eigenvalue weighted by Gasteiger charge is -2.13. The minimum Gasteiger partial charge on any atom is -0.491 e. The van der Waals surface area contributed by atoms with E-state index in [1.54, 1.807) is 55.5 Å². The molecular formula is C21H25N3O3S. The molecule has 7 heteroatoms. The van der Waals surface area contributed by atoms with Gasteiger partial charge in [0.1, 0.15) is 5.75 Å². The first-order chi connectivity index (χ1) is 13.4. The minimum atomic E-state index is -0.306. The van der Waals surface area contributed by atoms with Crippen molar-refractivity contribution in [1.29, 1.82) is 0 Å². The standard InChI is InChI=1S/C21H25N3O3S/c1-4-14(3)27-18-12-6-15(7-13-18)20(26)24-21(28)23-17-10-8-16(9-11-17)22-19(25)5-2/h6-14H,4-5H2,1-3H3,(H,22,25)(H2,23,24,26,28). The van der Waals surface area contributed by atoms with Crippen LogP contribution >= 0.6 is 12.2 Å². The van der Waals surface area contributed by atoms with E-state index in [0.29, 0.717) is 23.4 Å². The van der Waals surface area contributed by atoms with Crippen molar-refractivity contribution in [3.63, 3.8) is 0 Å². The molecule has 0 aliphatic carbocycles. The van der Waals surface area contributed by atoms with Crippen LogP contribution in [0, 0.1) is 0 Å². The van der Waals surface area contributed by atoms with Gasteiger partial charge in [-0.05, 0) is 74.1 Å². The van der Waals surface area contributed by atoms with Gasteiger partial charge in [-0.3, -0.25) is 14.9 Å². The quantitative estimate of drug-likeness (QED) is 0.604. The van der Waals surface area contributed by atoms with Crippen LogP contribution in [0.1, 0.15) is 44.0 Å². The van der Waals surface area contributed by atoms with E-state index in [0.717, 1.165) is 12.2 Å². The molecule has 2 aromatic carbocycles. The molecule has 148 valence electrons. The maximum absolute atomic E-state index is 12.3. The summed E-state index contributed by atoms with van der Waals surface area (Å²) in [5.41, 5.74) is 1.89. The number of hydrogen-bond donors (Lipinski definition) is 3. The van der Waals surface area contributed by atoms with E-state index in [2.05, 4.69) is 22.9 Å². The number of benzene rings is 2. The Morgan fingerprint density at radius 2 is 1.54 bits per heavy atom. The molecule has 6 nitrogen and oxygen atoms in total. The average molecular weight is 400 g/mol. The summed E-state index contributed by atoms with van der Waals surface area (Å²) in [4.78, 5) is 23.7. The maximum Gasteiger partial charge on any atom is 0.257 e. The molecule has 28 heavy (non-hydrogen) atoms. The van der Waals surface area contributed by atoms with Crippen LogP contribution < -0.4 is 20.7 Å². The Labute approximate surface area is 170 Å². The van der Waals surface area contributed by atoms with Gasteiger partial charge in [0.2, 0.25) is 5.91 Å². The zero-order valence-corrected chi connectivity index (χ0v) is 17.1. The molecular weight excluding hydrogens is 374 g/mol. The van der Waals surface area contributed by atoms with Crippen molar-refractivity contribution in [2.45, 2.75) is 39.7 Å². The summed E-state index contributed by atoms with van der Waals surface area (Å²) < 4.78 is 5.70. The highest BCUT2D eigenvalue weighted by molar-refractivity contribution is 7.80. The van der Waals surface area contributed by atoms with Gasteiger partial charge in [-0.15, -0.1) is 0 Å². The second-order valence-corrected chi connectivity index (χ2v) is 6.66. The predicted octanol–water partition coefficient (Wildman–Crippen LogP) is 4.34. The molecule has 0 aliphatic rings. The number of thiocarbonyl (C=S) groups is 1. The summed E-state index contributed by atoms with van der Waals surface area (Å²) in [7, 11) is 0. The second-order valence-electron chi connectivity index (χ2n) is 6.25. The van der Waals surface area contributed by atoms with E-state index in [1.165, 1.54) is 0 Å². The summed E-state index contributed by atoms with van der Waals surface area (Å²) >= 11 is 5.19. The van der Waals surface area contributed by atoms with Gasteiger partial charge >= 0.3 is 0 Å². The van der Waals surface area contributed by atoms with Gasteiger partial charge in [0.25, 0.3) is 5.91 Å². The van der Waals surface area contributed by atoms with Crippen molar-refractivity contribution in [3.05, 3.63) is 54.1 Å². The van der Waals surface area contributed by atoms with E-state index in [-0.39, 0.29) is 23.0 Å². The Balaban J connectivity index is 1.88. The Bertz CT molecular complexity index is 820. The monoisotopic (exact) mass is 399 g/mol. The van der Waals surface area contributed by atoms with Crippen LogP contribution in [-0.4, -0.2) is 23.0 Å².